The van der Waals surface area contributed by atoms with Gasteiger partial charge in [0.2, 0.25) is 10.0 Å². The minimum absolute atomic E-state index is 0.103. The van der Waals surface area contributed by atoms with Gasteiger partial charge in [-0.15, -0.1) is 0 Å². The first-order chi connectivity index (χ1) is 20.4. The van der Waals surface area contributed by atoms with E-state index in [1.165, 1.54) is 26.2 Å². The van der Waals surface area contributed by atoms with Gasteiger partial charge in [0.25, 0.3) is 5.91 Å². The van der Waals surface area contributed by atoms with Gasteiger partial charge in [0, 0.05) is 53.6 Å². The summed E-state index contributed by atoms with van der Waals surface area (Å²) in [6.45, 7) is 1.95. The number of nitrogen functional groups attached to an aromatic ring is 1. The number of amides is 1. The van der Waals surface area contributed by atoms with Gasteiger partial charge in [-0.1, -0.05) is 35.9 Å². The SMILES string of the molecule is CNC(=O)c1c(-c2ccc(C)cc2)oc2cc(N(C)S(C)(=O)=O)c(-c3cc(N)nc(-c4cc5c(F)cccc5[nH]4)n3)cc12. The van der Waals surface area contributed by atoms with Gasteiger partial charge in [-0.3, -0.25) is 9.10 Å². The highest BCUT2D eigenvalue weighted by Gasteiger charge is 2.27. The molecule has 10 nitrogen and oxygen atoms in total. The molecule has 218 valence electrons. The normalized spacial score (nSPS) is 11.7. The third-order valence-corrected chi connectivity index (χ3v) is 8.48. The van der Waals surface area contributed by atoms with Crippen LogP contribution in [0.1, 0.15) is 15.9 Å². The molecule has 6 rings (SSSR count). The fourth-order valence-corrected chi connectivity index (χ4v) is 5.51. The summed E-state index contributed by atoms with van der Waals surface area (Å²) in [5.74, 6) is -0.170. The molecule has 3 aromatic heterocycles. The number of hydrogen-bond donors (Lipinski definition) is 3. The van der Waals surface area contributed by atoms with Crippen LogP contribution in [0.3, 0.4) is 0 Å². The Bertz CT molecular complexity index is 2170. The Kier molecular flexibility index (Phi) is 6.65. The Morgan fingerprint density at radius 2 is 1.79 bits per heavy atom. The van der Waals surface area contributed by atoms with Crippen LogP contribution in [-0.4, -0.2) is 49.6 Å². The highest BCUT2D eigenvalue weighted by molar-refractivity contribution is 7.92. The van der Waals surface area contributed by atoms with Gasteiger partial charge < -0.3 is 20.5 Å². The summed E-state index contributed by atoms with van der Waals surface area (Å²) in [5.41, 5.74) is 10.4. The molecule has 0 saturated carbocycles. The molecular formula is C31H27FN6O4S. The number of anilines is 2. The Morgan fingerprint density at radius 1 is 1.05 bits per heavy atom. The number of H-pyrrole nitrogens is 1. The maximum atomic E-state index is 14.4. The van der Waals surface area contributed by atoms with Crippen molar-refractivity contribution < 1.29 is 22.0 Å². The molecule has 6 aromatic rings. The van der Waals surface area contributed by atoms with Gasteiger partial charge in [-0.25, -0.2) is 22.8 Å². The highest BCUT2D eigenvalue weighted by Crippen LogP contribution is 2.41. The number of benzene rings is 3. The maximum Gasteiger partial charge on any atom is 0.255 e. The number of halogens is 1. The van der Waals surface area contributed by atoms with Gasteiger partial charge in [0.15, 0.2) is 5.82 Å². The van der Waals surface area contributed by atoms with E-state index in [1.807, 2.05) is 31.2 Å². The first kappa shape index (κ1) is 27.9. The largest absolute Gasteiger partial charge is 0.455 e. The first-order valence-electron chi connectivity index (χ1n) is 13.2. The first-order valence-corrected chi connectivity index (χ1v) is 15.1. The lowest BCUT2D eigenvalue weighted by atomic mass is 10.0. The molecule has 0 aliphatic carbocycles. The van der Waals surface area contributed by atoms with E-state index in [9.17, 15) is 17.6 Å². The summed E-state index contributed by atoms with van der Waals surface area (Å²) >= 11 is 0. The van der Waals surface area contributed by atoms with E-state index in [1.54, 1.807) is 30.3 Å². The molecule has 0 unspecified atom stereocenters. The molecule has 0 radical (unpaired) electrons. The van der Waals surface area contributed by atoms with Crippen LogP contribution < -0.4 is 15.4 Å². The fourth-order valence-electron chi connectivity index (χ4n) is 5.00. The average Bonchev–Trinajstić information content (AvgIpc) is 3.58. The van der Waals surface area contributed by atoms with Crippen molar-refractivity contribution >= 4 is 49.3 Å². The summed E-state index contributed by atoms with van der Waals surface area (Å²) in [6, 6.07) is 18.5. The predicted octanol–water partition coefficient (Wildman–Crippen LogP) is 5.49. The number of aryl methyl sites for hydroxylation is 1. The van der Waals surface area contributed by atoms with Crippen LogP contribution in [0.25, 0.3) is 56.0 Å². The minimum Gasteiger partial charge on any atom is -0.455 e. The van der Waals surface area contributed by atoms with Gasteiger partial charge in [0.05, 0.1) is 28.9 Å². The molecule has 0 spiro atoms. The number of nitrogens with two attached hydrogens (primary N) is 1. The average molecular weight is 599 g/mol. The van der Waals surface area contributed by atoms with Crippen LogP contribution in [0.15, 0.2) is 71.1 Å². The zero-order valence-corrected chi connectivity index (χ0v) is 24.5. The van der Waals surface area contributed by atoms with Crippen LogP contribution >= 0.6 is 0 Å². The topological polar surface area (TPSA) is 147 Å². The molecule has 0 bridgehead atoms. The van der Waals surface area contributed by atoms with Crippen molar-refractivity contribution in [2.75, 3.05) is 30.4 Å². The highest BCUT2D eigenvalue weighted by atomic mass is 32.2. The molecule has 0 aliphatic rings. The third kappa shape index (κ3) is 4.95. The minimum atomic E-state index is -3.74. The van der Waals surface area contributed by atoms with E-state index in [4.69, 9.17) is 15.1 Å². The second-order valence-corrected chi connectivity index (χ2v) is 12.2. The lowest BCUT2D eigenvalue weighted by molar-refractivity contribution is 0.0964. The molecule has 4 N–H and O–H groups in total. The summed E-state index contributed by atoms with van der Waals surface area (Å²) in [4.78, 5) is 25.4. The van der Waals surface area contributed by atoms with Crippen molar-refractivity contribution in [1.29, 1.82) is 0 Å². The van der Waals surface area contributed by atoms with Crippen molar-refractivity contribution in [2.24, 2.45) is 0 Å². The standard InChI is InChI=1S/C31H27FN6O4S/c1-16-8-10-17(11-9-16)29-28(31(39)34-2)20-12-19(25(15-26(20)42-29)38(3)43(4,40)41)23-14-27(33)37-30(36-23)24-13-18-21(32)6-5-7-22(18)35-24/h5-15,35H,1-4H3,(H,34,39)(H2,33,36,37). The van der Waals surface area contributed by atoms with Crippen LogP contribution in [0.5, 0.6) is 0 Å². The Labute approximate surface area is 246 Å². The zero-order valence-electron chi connectivity index (χ0n) is 23.7. The Hall–Kier alpha value is -5.23. The molecule has 12 heteroatoms. The molecule has 0 atom stereocenters. The second-order valence-electron chi connectivity index (χ2n) is 10.2. The van der Waals surface area contributed by atoms with Gasteiger partial charge in [-0.2, -0.15) is 0 Å². The molecule has 43 heavy (non-hydrogen) atoms. The smallest absolute Gasteiger partial charge is 0.255 e. The second kappa shape index (κ2) is 10.2. The summed E-state index contributed by atoms with van der Waals surface area (Å²) in [7, 11) is -0.808. The molecule has 3 aromatic carbocycles. The van der Waals surface area contributed by atoms with Crippen LogP contribution in [0.2, 0.25) is 0 Å². The number of aromatic nitrogens is 3. The van der Waals surface area contributed by atoms with E-state index >= 15 is 0 Å². The Morgan fingerprint density at radius 3 is 2.47 bits per heavy atom. The van der Waals surface area contributed by atoms with Crippen molar-refractivity contribution in [3.8, 4) is 34.1 Å². The lowest BCUT2D eigenvalue weighted by Gasteiger charge is -2.20. The zero-order chi connectivity index (χ0) is 30.6. The van der Waals surface area contributed by atoms with Crippen molar-refractivity contribution in [3.05, 3.63) is 83.7 Å². The van der Waals surface area contributed by atoms with Crippen molar-refractivity contribution in [1.82, 2.24) is 20.3 Å². The van der Waals surface area contributed by atoms with E-state index in [2.05, 4.69) is 15.3 Å². The van der Waals surface area contributed by atoms with Crippen molar-refractivity contribution in [2.45, 2.75) is 6.92 Å². The predicted molar refractivity (Wildman–Crippen MR) is 166 cm³/mol. The van der Waals surface area contributed by atoms with Crippen LogP contribution in [-0.2, 0) is 10.0 Å². The van der Waals surface area contributed by atoms with Gasteiger partial charge in [-0.05, 0) is 31.2 Å². The van der Waals surface area contributed by atoms with E-state index in [0.717, 1.165) is 16.1 Å². The van der Waals surface area contributed by atoms with Gasteiger partial charge in [0.1, 0.15) is 23.0 Å². The maximum absolute atomic E-state index is 14.4. The van der Waals surface area contributed by atoms with Crippen molar-refractivity contribution in [3.63, 3.8) is 0 Å². The number of nitrogens with one attached hydrogen (secondary N) is 2. The number of aromatic amines is 1. The van der Waals surface area contributed by atoms with E-state index < -0.39 is 15.8 Å². The van der Waals surface area contributed by atoms with E-state index in [0.29, 0.717) is 44.5 Å². The Balaban J connectivity index is 1.63. The number of sulfonamides is 1. The van der Waals surface area contributed by atoms with Crippen LogP contribution in [0.4, 0.5) is 15.9 Å². The van der Waals surface area contributed by atoms with E-state index in [-0.39, 0.29) is 34.5 Å². The number of fused-ring (bicyclic) bond motifs is 2. The summed E-state index contributed by atoms with van der Waals surface area (Å²) in [6.07, 6.45) is 1.08. The summed E-state index contributed by atoms with van der Waals surface area (Å²) in [5, 5.41) is 3.48. The molecule has 0 fully saturated rings. The number of furan rings is 1. The molecule has 0 saturated heterocycles. The van der Waals surface area contributed by atoms with Crippen LogP contribution in [0, 0.1) is 12.7 Å². The molecule has 0 aliphatic heterocycles. The number of carbonyl (C=O) groups excluding carboxylic acids is 1. The lowest BCUT2D eigenvalue weighted by Crippen LogP contribution is -2.25. The quantitative estimate of drug-likeness (QED) is 0.230. The number of rotatable bonds is 6. The third-order valence-electron chi connectivity index (χ3n) is 7.28. The fraction of sp³-hybridized carbons (Fsp3) is 0.129. The van der Waals surface area contributed by atoms with Gasteiger partial charge >= 0.3 is 0 Å². The molecule has 3 heterocycles. The number of hydrogen-bond acceptors (Lipinski definition) is 7. The monoisotopic (exact) mass is 598 g/mol. The molecular weight excluding hydrogens is 571 g/mol. The summed E-state index contributed by atoms with van der Waals surface area (Å²) < 4.78 is 47.3. The number of carbonyl (C=O) groups is 1. The molecule has 1 amide bonds. The number of nitrogens with zero attached hydrogens (tertiary/aromatic N) is 3.